The maximum atomic E-state index is 6.69. The molecule has 0 aliphatic rings. The number of nitrogens with zero attached hydrogens (tertiary/aromatic N) is 3. The largest absolute Gasteiger partial charge is 0.452 e. The van der Waals surface area contributed by atoms with Crippen LogP contribution in [0.3, 0.4) is 0 Å². The SMILES string of the molecule is c1ccc2cc(-c3nc(-n4c5ccc6ccccc6c5c5c6ccccc6ccc54)nc4c3oc3ccc5ccccc5c34)ccc2c1. The number of furan rings is 1. The van der Waals surface area contributed by atoms with Crippen molar-refractivity contribution in [2.75, 3.05) is 0 Å². The van der Waals surface area contributed by atoms with Gasteiger partial charge in [0.15, 0.2) is 5.58 Å². The van der Waals surface area contributed by atoms with Gasteiger partial charge in [-0.05, 0) is 67.4 Å². The van der Waals surface area contributed by atoms with Gasteiger partial charge in [0.25, 0.3) is 0 Å². The zero-order valence-electron chi connectivity index (χ0n) is 25.7. The van der Waals surface area contributed by atoms with Gasteiger partial charge in [-0.3, -0.25) is 4.57 Å². The Balaban J connectivity index is 1.34. The highest BCUT2D eigenvalue weighted by atomic mass is 16.3. The van der Waals surface area contributed by atoms with Crippen LogP contribution in [0.1, 0.15) is 0 Å². The predicted molar refractivity (Wildman–Crippen MR) is 199 cm³/mol. The Labute approximate surface area is 274 Å². The summed E-state index contributed by atoms with van der Waals surface area (Å²) in [7, 11) is 0. The van der Waals surface area contributed by atoms with Gasteiger partial charge in [-0.25, -0.2) is 9.97 Å². The molecule has 4 heteroatoms. The molecule has 0 aliphatic heterocycles. The lowest BCUT2D eigenvalue weighted by atomic mass is 10.00. The van der Waals surface area contributed by atoms with Crippen molar-refractivity contribution in [2.24, 2.45) is 0 Å². The van der Waals surface area contributed by atoms with Crippen LogP contribution in [0, 0.1) is 0 Å². The normalized spacial score (nSPS) is 12.2. The van der Waals surface area contributed by atoms with Crippen LogP contribution in [0.4, 0.5) is 0 Å². The van der Waals surface area contributed by atoms with Crippen LogP contribution in [-0.2, 0) is 0 Å². The van der Waals surface area contributed by atoms with Gasteiger partial charge in [0.05, 0.1) is 16.4 Å². The van der Waals surface area contributed by atoms with Gasteiger partial charge in [-0.1, -0.05) is 127 Å². The standard InChI is InChI=1S/C44H25N3O/c1-2-13-30-25-31(18-17-26(30)9-1)41-43-42(40-34-16-8-5-12-29(34)21-24-37(40)48-43)46-44(45-41)47-35-22-19-27-10-3-6-14-32(27)38(35)39-33-15-7-4-11-28(33)20-23-36(39)47/h1-25H. The van der Waals surface area contributed by atoms with E-state index in [1.165, 1.54) is 37.7 Å². The molecule has 0 saturated carbocycles. The third-order valence-electron chi connectivity index (χ3n) is 9.96. The molecule has 0 amide bonds. The number of hydrogen-bond donors (Lipinski definition) is 0. The lowest BCUT2D eigenvalue weighted by Crippen LogP contribution is -2.03. The molecule has 0 atom stereocenters. The quantitative estimate of drug-likeness (QED) is 0.195. The van der Waals surface area contributed by atoms with Crippen molar-refractivity contribution in [1.82, 2.24) is 14.5 Å². The summed E-state index contributed by atoms with van der Waals surface area (Å²) in [6, 6.07) is 53.7. The molecule has 11 rings (SSSR count). The summed E-state index contributed by atoms with van der Waals surface area (Å²) in [6.45, 7) is 0. The van der Waals surface area contributed by atoms with Crippen molar-refractivity contribution in [2.45, 2.75) is 0 Å². The molecule has 0 aliphatic carbocycles. The highest BCUT2D eigenvalue weighted by Crippen LogP contribution is 2.42. The van der Waals surface area contributed by atoms with Crippen LogP contribution in [-0.4, -0.2) is 14.5 Å². The van der Waals surface area contributed by atoms with E-state index in [-0.39, 0.29) is 0 Å². The summed E-state index contributed by atoms with van der Waals surface area (Å²) in [5.41, 5.74) is 6.21. The van der Waals surface area contributed by atoms with Crippen LogP contribution >= 0.6 is 0 Å². The van der Waals surface area contributed by atoms with E-state index < -0.39 is 0 Å². The second-order valence-corrected chi connectivity index (χ2v) is 12.6. The first-order valence-electron chi connectivity index (χ1n) is 16.3. The Morgan fingerprint density at radius 1 is 0.438 bits per heavy atom. The van der Waals surface area contributed by atoms with E-state index in [0.29, 0.717) is 11.5 Å². The summed E-state index contributed by atoms with van der Waals surface area (Å²) in [4.78, 5) is 10.8. The molecular weight excluding hydrogens is 587 g/mol. The molecule has 0 radical (unpaired) electrons. The molecule has 0 saturated heterocycles. The molecule has 48 heavy (non-hydrogen) atoms. The minimum atomic E-state index is 0.617. The predicted octanol–water partition coefficient (Wildman–Crippen LogP) is 11.8. The van der Waals surface area contributed by atoms with Gasteiger partial charge >= 0.3 is 0 Å². The average Bonchev–Trinajstić information content (AvgIpc) is 3.71. The second-order valence-electron chi connectivity index (χ2n) is 12.6. The Morgan fingerprint density at radius 3 is 1.60 bits per heavy atom. The highest BCUT2D eigenvalue weighted by molar-refractivity contribution is 6.28. The zero-order valence-corrected chi connectivity index (χ0v) is 25.7. The fourth-order valence-corrected chi connectivity index (χ4v) is 7.79. The minimum Gasteiger partial charge on any atom is -0.452 e. The molecule has 8 aromatic carbocycles. The molecule has 0 fully saturated rings. The summed E-state index contributed by atoms with van der Waals surface area (Å²) in [5, 5.41) is 12.9. The minimum absolute atomic E-state index is 0.617. The van der Waals surface area contributed by atoms with E-state index in [0.717, 1.165) is 54.9 Å². The molecule has 0 spiro atoms. The first-order valence-corrected chi connectivity index (χ1v) is 16.3. The Bertz CT molecular complexity index is 3040. The second kappa shape index (κ2) is 9.50. The smallest absolute Gasteiger partial charge is 0.236 e. The van der Waals surface area contributed by atoms with Crippen molar-refractivity contribution < 1.29 is 4.42 Å². The lowest BCUT2D eigenvalue weighted by molar-refractivity contribution is 0.667. The molecule has 0 N–H and O–H groups in total. The van der Waals surface area contributed by atoms with Crippen molar-refractivity contribution in [3.8, 4) is 17.2 Å². The lowest BCUT2D eigenvalue weighted by Gasteiger charge is -2.10. The Hall–Kier alpha value is -6.52. The summed E-state index contributed by atoms with van der Waals surface area (Å²) in [6.07, 6.45) is 0. The number of fused-ring (bicyclic) bond motifs is 13. The van der Waals surface area contributed by atoms with Gasteiger partial charge < -0.3 is 4.42 Å². The van der Waals surface area contributed by atoms with E-state index in [2.05, 4.69) is 156 Å². The molecule has 0 bridgehead atoms. The van der Waals surface area contributed by atoms with Crippen LogP contribution in [0.25, 0.3) is 104 Å². The van der Waals surface area contributed by atoms with Gasteiger partial charge in [0.2, 0.25) is 5.95 Å². The van der Waals surface area contributed by atoms with Crippen LogP contribution < -0.4 is 0 Å². The first kappa shape index (κ1) is 25.6. The fraction of sp³-hybridized carbons (Fsp3) is 0. The van der Waals surface area contributed by atoms with Crippen molar-refractivity contribution >= 4 is 87.0 Å². The maximum Gasteiger partial charge on any atom is 0.236 e. The van der Waals surface area contributed by atoms with E-state index >= 15 is 0 Å². The summed E-state index contributed by atoms with van der Waals surface area (Å²) in [5.74, 6) is 0.617. The summed E-state index contributed by atoms with van der Waals surface area (Å²) >= 11 is 0. The molecule has 3 heterocycles. The molecular formula is C44H25N3O. The molecule has 4 nitrogen and oxygen atoms in total. The van der Waals surface area contributed by atoms with E-state index in [1.807, 2.05) is 0 Å². The molecule has 3 aromatic heterocycles. The third-order valence-corrected chi connectivity index (χ3v) is 9.96. The first-order chi connectivity index (χ1) is 23.8. The summed E-state index contributed by atoms with van der Waals surface area (Å²) < 4.78 is 8.93. The van der Waals surface area contributed by atoms with Gasteiger partial charge in [0, 0.05) is 16.3 Å². The molecule has 11 aromatic rings. The number of aromatic nitrogens is 3. The van der Waals surface area contributed by atoms with E-state index in [1.54, 1.807) is 0 Å². The van der Waals surface area contributed by atoms with Gasteiger partial charge in [0.1, 0.15) is 16.8 Å². The maximum absolute atomic E-state index is 6.69. The van der Waals surface area contributed by atoms with E-state index in [4.69, 9.17) is 14.4 Å². The highest BCUT2D eigenvalue weighted by Gasteiger charge is 2.23. The monoisotopic (exact) mass is 611 g/mol. The van der Waals surface area contributed by atoms with Crippen LogP contribution in [0.15, 0.2) is 156 Å². The van der Waals surface area contributed by atoms with E-state index in [9.17, 15) is 0 Å². The number of benzene rings is 8. The fourth-order valence-electron chi connectivity index (χ4n) is 7.79. The van der Waals surface area contributed by atoms with Crippen molar-refractivity contribution in [3.63, 3.8) is 0 Å². The third kappa shape index (κ3) is 3.49. The number of hydrogen-bond acceptors (Lipinski definition) is 3. The van der Waals surface area contributed by atoms with Crippen molar-refractivity contribution in [3.05, 3.63) is 152 Å². The molecule has 0 unspecified atom stereocenters. The zero-order chi connectivity index (χ0) is 31.3. The van der Waals surface area contributed by atoms with Gasteiger partial charge in [-0.2, -0.15) is 0 Å². The Kier molecular flexibility index (Phi) is 5.08. The van der Waals surface area contributed by atoms with Crippen LogP contribution in [0.5, 0.6) is 0 Å². The van der Waals surface area contributed by atoms with Crippen molar-refractivity contribution in [1.29, 1.82) is 0 Å². The van der Waals surface area contributed by atoms with Gasteiger partial charge in [-0.15, -0.1) is 0 Å². The molecule has 222 valence electrons. The Morgan fingerprint density at radius 2 is 0.958 bits per heavy atom. The topological polar surface area (TPSA) is 43.9 Å². The number of rotatable bonds is 2. The average molecular weight is 612 g/mol. The van der Waals surface area contributed by atoms with Crippen LogP contribution in [0.2, 0.25) is 0 Å².